The van der Waals surface area contributed by atoms with Crippen LogP contribution in [0.25, 0.3) is 10.9 Å². The average molecular weight is 409 g/mol. The van der Waals surface area contributed by atoms with Crippen molar-refractivity contribution in [2.75, 3.05) is 13.6 Å². The monoisotopic (exact) mass is 408 g/mol. The lowest BCUT2D eigenvalue weighted by atomic mass is 10.0. The maximum absolute atomic E-state index is 12.7. The first kappa shape index (κ1) is 20.7. The highest BCUT2D eigenvalue weighted by Gasteiger charge is 2.30. The minimum absolute atomic E-state index is 0. The zero-order valence-electron chi connectivity index (χ0n) is 16.0. The quantitative estimate of drug-likeness (QED) is 0.546. The lowest BCUT2D eigenvalue weighted by Gasteiger charge is -2.24. The van der Waals surface area contributed by atoms with E-state index in [-0.39, 0.29) is 12.4 Å². The Balaban J connectivity index is 0.00000225. The van der Waals surface area contributed by atoms with E-state index in [2.05, 4.69) is 41.6 Å². The van der Waals surface area contributed by atoms with Crippen molar-refractivity contribution in [1.82, 2.24) is 9.47 Å². The normalized spacial score (nSPS) is 14.8. The zero-order valence-corrected chi connectivity index (χ0v) is 16.8. The number of aryl methyl sites for hydroxylation is 3. The summed E-state index contributed by atoms with van der Waals surface area (Å²) in [5, 5.41) is 1.31. The second-order valence-corrected chi connectivity index (χ2v) is 7.53. The van der Waals surface area contributed by atoms with E-state index in [1.54, 1.807) is 12.1 Å². The maximum atomic E-state index is 12.7. The number of fused-ring (bicyclic) bond motifs is 3. The fourth-order valence-electron chi connectivity index (χ4n) is 4.06. The second kappa shape index (κ2) is 7.80. The third kappa shape index (κ3) is 3.91. The van der Waals surface area contributed by atoms with Crippen molar-refractivity contribution < 1.29 is 13.2 Å². The molecule has 0 N–H and O–H groups in total. The SMILES string of the molecule is Cc1ccc2c(c1)c1c(n2CCc2ccc(C(F)(F)F)cc2)CCN(C)C1.Cl. The molecule has 1 aromatic heterocycles. The van der Waals surface area contributed by atoms with Gasteiger partial charge in [0.2, 0.25) is 0 Å². The first-order valence-corrected chi connectivity index (χ1v) is 9.28. The zero-order chi connectivity index (χ0) is 19.2. The fraction of sp³-hybridized carbons (Fsp3) is 0.364. The Hall–Kier alpha value is -1.98. The van der Waals surface area contributed by atoms with Crippen LogP contribution >= 0.6 is 12.4 Å². The van der Waals surface area contributed by atoms with E-state index >= 15 is 0 Å². The topological polar surface area (TPSA) is 8.17 Å². The molecule has 0 radical (unpaired) electrons. The number of nitrogens with zero attached hydrogens (tertiary/aromatic N) is 2. The van der Waals surface area contributed by atoms with E-state index in [0.717, 1.165) is 38.0 Å². The van der Waals surface area contributed by atoms with Crippen LogP contribution in [-0.4, -0.2) is 23.1 Å². The van der Waals surface area contributed by atoms with Crippen molar-refractivity contribution in [2.45, 2.75) is 39.0 Å². The molecule has 28 heavy (non-hydrogen) atoms. The van der Waals surface area contributed by atoms with Crippen molar-refractivity contribution >= 4 is 23.3 Å². The van der Waals surface area contributed by atoms with E-state index in [1.807, 2.05) is 0 Å². The number of rotatable bonds is 3. The molecule has 0 fully saturated rings. The van der Waals surface area contributed by atoms with Crippen LogP contribution < -0.4 is 0 Å². The summed E-state index contributed by atoms with van der Waals surface area (Å²) in [7, 11) is 2.14. The molecular weight excluding hydrogens is 385 g/mol. The Morgan fingerprint density at radius 2 is 1.75 bits per heavy atom. The highest BCUT2D eigenvalue weighted by atomic mass is 35.5. The van der Waals surface area contributed by atoms with Gasteiger partial charge in [-0.2, -0.15) is 13.2 Å². The van der Waals surface area contributed by atoms with Crippen molar-refractivity contribution in [3.8, 4) is 0 Å². The number of hydrogen-bond donors (Lipinski definition) is 0. The molecular formula is C22H24ClF3N2. The molecule has 0 atom stereocenters. The van der Waals surface area contributed by atoms with Crippen molar-refractivity contribution in [3.63, 3.8) is 0 Å². The van der Waals surface area contributed by atoms with Gasteiger partial charge < -0.3 is 9.47 Å². The highest BCUT2D eigenvalue weighted by Crippen LogP contribution is 2.32. The molecule has 0 unspecified atom stereocenters. The molecule has 6 heteroatoms. The smallest absolute Gasteiger partial charge is 0.344 e. The summed E-state index contributed by atoms with van der Waals surface area (Å²) in [6.07, 6.45) is -2.55. The van der Waals surface area contributed by atoms with Crippen LogP contribution in [0.2, 0.25) is 0 Å². The first-order chi connectivity index (χ1) is 12.8. The number of likely N-dealkylation sites (N-methyl/N-ethyl adjacent to an activating group) is 1. The van der Waals surface area contributed by atoms with E-state index in [1.165, 1.54) is 39.9 Å². The van der Waals surface area contributed by atoms with Crippen LogP contribution in [0, 0.1) is 6.92 Å². The Kier molecular flexibility index (Phi) is 5.78. The first-order valence-electron chi connectivity index (χ1n) is 9.28. The Morgan fingerprint density at radius 1 is 1.04 bits per heavy atom. The van der Waals surface area contributed by atoms with Crippen LogP contribution in [0.5, 0.6) is 0 Å². The van der Waals surface area contributed by atoms with Gasteiger partial charge in [-0.1, -0.05) is 23.8 Å². The van der Waals surface area contributed by atoms with Crippen LogP contribution in [0.3, 0.4) is 0 Å². The maximum Gasteiger partial charge on any atom is 0.416 e. The molecule has 0 saturated heterocycles. The van der Waals surface area contributed by atoms with Crippen LogP contribution in [0.1, 0.15) is 27.9 Å². The van der Waals surface area contributed by atoms with Gasteiger partial charge >= 0.3 is 6.18 Å². The molecule has 0 aliphatic carbocycles. The minimum atomic E-state index is -4.28. The van der Waals surface area contributed by atoms with Crippen molar-refractivity contribution in [3.05, 3.63) is 70.4 Å². The molecule has 2 aromatic carbocycles. The summed E-state index contributed by atoms with van der Waals surface area (Å²) < 4.78 is 40.6. The van der Waals surface area contributed by atoms with E-state index in [0.29, 0.717) is 0 Å². The largest absolute Gasteiger partial charge is 0.416 e. The van der Waals surface area contributed by atoms with Gasteiger partial charge in [-0.25, -0.2) is 0 Å². The molecule has 2 heterocycles. The Labute approximate surface area is 169 Å². The Morgan fingerprint density at radius 3 is 2.43 bits per heavy atom. The fourth-order valence-corrected chi connectivity index (χ4v) is 4.06. The molecule has 4 rings (SSSR count). The van der Waals surface area contributed by atoms with Gasteiger partial charge in [0.05, 0.1) is 5.56 Å². The molecule has 0 amide bonds. The van der Waals surface area contributed by atoms with Gasteiger partial charge in [0.1, 0.15) is 0 Å². The molecule has 1 aliphatic heterocycles. The predicted octanol–water partition coefficient (Wildman–Crippen LogP) is 5.62. The summed E-state index contributed by atoms with van der Waals surface area (Å²) in [4.78, 5) is 2.34. The second-order valence-electron chi connectivity index (χ2n) is 7.53. The van der Waals surface area contributed by atoms with Crippen LogP contribution in [-0.2, 0) is 32.1 Å². The summed E-state index contributed by atoms with van der Waals surface area (Å²) in [5.74, 6) is 0. The summed E-state index contributed by atoms with van der Waals surface area (Å²) in [6, 6.07) is 12.1. The van der Waals surface area contributed by atoms with Crippen molar-refractivity contribution in [2.24, 2.45) is 0 Å². The molecule has 0 bridgehead atoms. The molecule has 1 aliphatic rings. The van der Waals surface area contributed by atoms with E-state index in [9.17, 15) is 13.2 Å². The van der Waals surface area contributed by atoms with Crippen LogP contribution in [0.15, 0.2) is 42.5 Å². The molecule has 150 valence electrons. The van der Waals surface area contributed by atoms with Gasteiger partial charge in [0, 0.05) is 42.7 Å². The van der Waals surface area contributed by atoms with E-state index < -0.39 is 11.7 Å². The lowest BCUT2D eigenvalue weighted by Crippen LogP contribution is -2.27. The predicted molar refractivity (Wildman–Crippen MR) is 109 cm³/mol. The third-order valence-corrected chi connectivity index (χ3v) is 5.51. The molecule has 2 nitrogen and oxygen atoms in total. The summed E-state index contributed by atoms with van der Waals surface area (Å²) in [6.45, 7) is 4.87. The van der Waals surface area contributed by atoms with Gasteiger partial charge in [-0.05, 0) is 55.8 Å². The highest BCUT2D eigenvalue weighted by molar-refractivity contribution is 5.86. The number of aromatic nitrogens is 1. The molecule has 0 spiro atoms. The Bertz CT molecular complexity index is 974. The third-order valence-electron chi connectivity index (χ3n) is 5.51. The van der Waals surface area contributed by atoms with Gasteiger partial charge in [0.25, 0.3) is 0 Å². The average Bonchev–Trinajstić information content (AvgIpc) is 2.92. The van der Waals surface area contributed by atoms with Gasteiger partial charge in [-0.15, -0.1) is 12.4 Å². The number of hydrogen-bond acceptors (Lipinski definition) is 1. The standard InChI is InChI=1S/C22H23F3N2.ClH/c1-15-3-8-20-18(13-15)19-14-26(2)11-10-21(19)27(20)12-9-16-4-6-17(7-5-16)22(23,24)25;/h3-8,13H,9-12,14H2,1-2H3;1H. The number of halogens is 4. The van der Waals surface area contributed by atoms with E-state index in [4.69, 9.17) is 0 Å². The van der Waals surface area contributed by atoms with Gasteiger partial charge in [0.15, 0.2) is 0 Å². The summed E-state index contributed by atoms with van der Waals surface area (Å²) in [5.41, 5.74) is 5.59. The minimum Gasteiger partial charge on any atom is -0.344 e. The molecule has 0 saturated carbocycles. The van der Waals surface area contributed by atoms with Crippen molar-refractivity contribution in [1.29, 1.82) is 0 Å². The number of benzene rings is 2. The summed E-state index contributed by atoms with van der Waals surface area (Å²) >= 11 is 0. The van der Waals surface area contributed by atoms with Crippen LogP contribution in [0.4, 0.5) is 13.2 Å². The lowest BCUT2D eigenvalue weighted by molar-refractivity contribution is -0.137. The van der Waals surface area contributed by atoms with Gasteiger partial charge in [-0.3, -0.25) is 0 Å². The number of alkyl halides is 3. The molecule has 3 aromatic rings.